The minimum absolute atomic E-state index is 0.0105. The highest BCUT2D eigenvalue weighted by molar-refractivity contribution is 7.99. The monoisotopic (exact) mass is 309 g/mol. The third-order valence-electron chi connectivity index (χ3n) is 2.96. The standard InChI is InChI=1S/C16H23NO3S/c1-3-17(12-16(19)20-4-2)15(18)13-21-11-10-14-8-6-5-7-9-14/h5-9H,3-4,10-13H2,1-2H3. The summed E-state index contributed by atoms with van der Waals surface area (Å²) < 4.78 is 4.87. The van der Waals surface area contributed by atoms with Crippen molar-refractivity contribution in [3.63, 3.8) is 0 Å². The summed E-state index contributed by atoms with van der Waals surface area (Å²) in [6.07, 6.45) is 0.947. The number of hydrogen-bond donors (Lipinski definition) is 0. The van der Waals surface area contributed by atoms with Crippen LogP contribution in [0.2, 0.25) is 0 Å². The second-order valence-corrected chi connectivity index (χ2v) is 5.61. The number of ether oxygens (including phenoxy) is 1. The molecule has 0 heterocycles. The molecule has 0 aliphatic heterocycles. The van der Waals surface area contributed by atoms with Gasteiger partial charge in [0.2, 0.25) is 5.91 Å². The minimum atomic E-state index is -0.345. The van der Waals surface area contributed by atoms with E-state index in [1.165, 1.54) is 10.5 Å². The van der Waals surface area contributed by atoms with Gasteiger partial charge in [-0.2, -0.15) is 11.8 Å². The van der Waals surface area contributed by atoms with Crippen LogP contribution < -0.4 is 0 Å². The van der Waals surface area contributed by atoms with E-state index >= 15 is 0 Å². The number of likely N-dealkylation sites (N-methyl/N-ethyl adjacent to an activating group) is 1. The smallest absolute Gasteiger partial charge is 0.325 e. The van der Waals surface area contributed by atoms with Crippen LogP contribution >= 0.6 is 11.8 Å². The summed E-state index contributed by atoms with van der Waals surface area (Å²) >= 11 is 1.60. The Bertz CT molecular complexity index is 436. The molecule has 0 saturated carbocycles. The maximum absolute atomic E-state index is 12.0. The van der Waals surface area contributed by atoms with E-state index in [-0.39, 0.29) is 18.4 Å². The molecule has 0 aliphatic carbocycles. The normalized spacial score (nSPS) is 10.2. The summed E-state index contributed by atoms with van der Waals surface area (Å²) in [5.41, 5.74) is 1.27. The SMILES string of the molecule is CCOC(=O)CN(CC)C(=O)CSCCc1ccccc1. The number of amides is 1. The molecule has 1 aromatic rings. The number of nitrogens with zero attached hydrogens (tertiary/aromatic N) is 1. The molecule has 0 atom stereocenters. The first-order valence-corrected chi connectivity index (χ1v) is 8.37. The first-order valence-electron chi connectivity index (χ1n) is 7.22. The maximum atomic E-state index is 12.0. The van der Waals surface area contributed by atoms with E-state index in [4.69, 9.17) is 4.74 Å². The lowest BCUT2D eigenvalue weighted by Gasteiger charge is -2.19. The van der Waals surface area contributed by atoms with E-state index in [1.807, 2.05) is 25.1 Å². The molecule has 0 fully saturated rings. The molecule has 0 N–H and O–H groups in total. The van der Waals surface area contributed by atoms with Crippen LogP contribution in [0.25, 0.3) is 0 Å². The second kappa shape index (κ2) is 10.3. The minimum Gasteiger partial charge on any atom is -0.465 e. The Kier molecular flexibility index (Phi) is 8.59. The summed E-state index contributed by atoms with van der Waals surface area (Å²) in [5.74, 6) is 0.942. The lowest BCUT2D eigenvalue weighted by Crippen LogP contribution is -2.37. The van der Waals surface area contributed by atoms with Crippen LogP contribution in [-0.2, 0) is 20.7 Å². The van der Waals surface area contributed by atoms with Gasteiger partial charge in [-0.1, -0.05) is 30.3 Å². The van der Waals surface area contributed by atoms with Crippen LogP contribution in [0.1, 0.15) is 19.4 Å². The van der Waals surface area contributed by atoms with Gasteiger partial charge in [0.15, 0.2) is 0 Å². The van der Waals surface area contributed by atoms with E-state index in [2.05, 4.69) is 12.1 Å². The van der Waals surface area contributed by atoms with Crippen LogP contribution in [0, 0.1) is 0 Å². The van der Waals surface area contributed by atoms with E-state index in [1.54, 1.807) is 18.7 Å². The molecular weight excluding hydrogens is 286 g/mol. The van der Waals surface area contributed by atoms with Crippen LogP contribution in [0.15, 0.2) is 30.3 Å². The van der Waals surface area contributed by atoms with Crippen LogP contribution in [0.5, 0.6) is 0 Å². The first-order chi connectivity index (χ1) is 10.2. The third-order valence-corrected chi connectivity index (χ3v) is 3.91. The number of carbonyl (C=O) groups excluding carboxylic acids is 2. The van der Waals surface area contributed by atoms with Crippen molar-refractivity contribution in [1.82, 2.24) is 4.90 Å². The fourth-order valence-electron chi connectivity index (χ4n) is 1.82. The lowest BCUT2D eigenvalue weighted by molar-refractivity contribution is -0.148. The first kappa shape index (κ1) is 17.6. The van der Waals surface area contributed by atoms with E-state index in [0.717, 1.165) is 12.2 Å². The lowest BCUT2D eigenvalue weighted by atomic mass is 10.2. The predicted molar refractivity (Wildman–Crippen MR) is 86.4 cm³/mol. The molecule has 4 nitrogen and oxygen atoms in total. The van der Waals surface area contributed by atoms with Crippen molar-refractivity contribution in [3.05, 3.63) is 35.9 Å². The fraction of sp³-hybridized carbons (Fsp3) is 0.500. The van der Waals surface area contributed by atoms with Gasteiger partial charge in [0, 0.05) is 6.54 Å². The Morgan fingerprint density at radius 2 is 1.90 bits per heavy atom. The van der Waals surface area contributed by atoms with Gasteiger partial charge in [-0.3, -0.25) is 9.59 Å². The number of aryl methyl sites for hydroxylation is 1. The zero-order valence-corrected chi connectivity index (χ0v) is 13.5. The van der Waals surface area contributed by atoms with Crippen molar-refractivity contribution < 1.29 is 14.3 Å². The molecule has 0 unspecified atom stereocenters. The van der Waals surface area contributed by atoms with Crippen molar-refractivity contribution in [1.29, 1.82) is 0 Å². The van der Waals surface area contributed by atoms with Gasteiger partial charge in [0.25, 0.3) is 0 Å². The topological polar surface area (TPSA) is 46.6 Å². The van der Waals surface area contributed by atoms with Crippen molar-refractivity contribution in [2.24, 2.45) is 0 Å². The molecule has 1 rings (SSSR count). The highest BCUT2D eigenvalue weighted by Crippen LogP contribution is 2.08. The van der Waals surface area contributed by atoms with Gasteiger partial charge in [-0.15, -0.1) is 0 Å². The zero-order chi connectivity index (χ0) is 15.5. The highest BCUT2D eigenvalue weighted by Gasteiger charge is 2.15. The Labute approximate surface area is 130 Å². The number of rotatable bonds is 9. The molecule has 0 bridgehead atoms. The van der Waals surface area contributed by atoms with E-state index in [9.17, 15) is 9.59 Å². The van der Waals surface area contributed by atoms with Gasteiger partial charge < -0.3 is 9.64 Å². The van der Waals surface area contributed by atoms with Crippen LogP contribution in [0.4, 0.5) is 0 Å². The molecule has 5 heteroatoms. The van der Waals surface area contributed by atoms with Crippen LogP contribution in [0.3, 0.4) is 0 Å². The number of hydrogen-bond acceptors (Lipinski definition) is 4. The van der Waals surface area contributed by atoms with Gasteiger partial charge >= 0.3 is 5.97 Å². The van der Waals surface area contributed by atoms with Crippen molar-refractivity contribution in [2.75, 3.05) is 31.2 Å². The van der Waals surface area contributed by atoms with Crippen molar-refractivity contribution >= 4 is 23.6 Å². The summed E-state index contributed by atoms with van der Waals surface area (Å²) in [7, 11) is 0. The molecule has 116 valence electrons. The molecule has 0 radical (unpaired) electrons. The molecule has 0 aromatic heterocycles. The van der Waals surface area contributed by atoms with Crippen molar-refractivity contribution in [3.8, 4) is 0 Å². The number of thioether (sulfide) groups is 1. The maximum Gasteiger partial charge on any atom is 0.325 e. The number of esters is 1. The molecule has 1 aromatic carbocycles. The summed E-state index contributed by atoms with van der Waals surface area (Å²) in [6.45, 7) is 4.54. The summed E-state index contributed by atoms with van der Waals surface area (Å²) in [5, 5.41) is 0. The van der Waals surface area contributed by atoms with Gasteiger partial charge in [-0.25, -0.2) is 0 Å². The molecule has 1 amide bonds. The molecule has 0 saturated heterocycles. The molecule has 0 aliphatic rings. The third kappa shape index (κ3) is 7.18. The Balaban J connectivity index is 2.26. The van der Waals surface area contributed by atoms with Crippen molar-refractivity contribution in [2.45, 2.75) is 20.3 Å². The molecule has 21 heavy (non-hydrogen) atoms. The number of carbonyl (C=O) groups is 2. The summed E-state index contributed by atoms with van der Waals surface area (Å²) in [4.78, 5) is 25.0. The Morgan fingerprint density at radius 1 is 1.19 bits per heavy atom. The fourth-order valence-corrected chi connectivity index (χ4v) is 2.71. The average molecular weight is 309 g/mol. The number of benzene rings is 1. The molecule has 0 spiro atoms. The van der Waals surface area contributed by atoms with E-state index < -0.39 is 0 Å². The van der Waals surface area contributed by atoms with E-state index in [0.29, 0.717) is 18.9 Å². The van der Waals surface area contributed by atoms with Gasteiger partial charge in [0.05, 0.1) is 12.4 Å². The largest absolute Gasteiger partial charge is 0.465 e. The van der Waals surface area contributed by atoms with Gasteiger partial charge in [-0.05, 0) is 31.6 Å². The second-order valence-electron chi connectivity index (χ2n) is 4.50. The Hall–Kier alpha value is -1.49. The zero-order valence-electron chi connectivity index (χ0n) is 12.7. The highest BCUT2D eigenvalue weighted by atomic mass is 32.2. The predicted octanol–water partition coefficient (Wildman–Crippen LogP) is 2.37. The van der Waals surface area contributed by atoms with Gasteiger partial charge in [0.1, 0.15) is 6.54 Å². The molecular formula is C16H23NO3S. The Morgan fingerprint density at radius 3 is 2.52 bits per heavy atom. The quantitative estimate of drug-likeness (QED) is 0.519. The average Bonchev–Trinajstić information content (AvgIpc) is 2.50. The van der Waals surface area contributed by atoms with Crippen LogP contribution in [-0.4, -0.2) is 48.0 Å². The summed E-state index contributed by atoms with van der Waals surface area (Å²) in [6, 6.07) is 10.2.